The molecule has 0 amide bonds. The van der Waals surface area contributed by atoms with E-state index in [1.165, 1.54) is 12.1 Å². The Bertz CT molecular complexity index is 646. The Hall–Kier alpha value is -1.36. The molecule has 1 aromatic carbocycles. The Kier molecular flexibility index (Phi) is 4.14. The number of benzene rings is 1. The summed E-state index contributed by atoms with van der Waals surface area (Å²) in [5.41, 5.74) is 0.875. The smallest absolute Gasteiger partial charge is 0.299 e. The minimum absolute atomic E-state index is 0.0788. The number of Topliss-reactive ketones (excluding diaryl/α,β-unsaturated/α-hetero) is 1. The van der Waals surface area contributed by atoms with Crippen molar-refractivity contribution in [3.05, 3.63) is 34.9 Å². The Morgan fingerprint density at radius 3 is 2.87 bits per heavy atom. The minimum Gasteiger partial charge on any atom is -0.299 e. The van der Waals surface area contributed by atoms with E-state index in [1.54, 1.807) is 0 Å². The number of alkyl halides is 3. The molecule has 0 aromatic heterocycles. The number of nitrogens with zero attached hydrogens (tertiary/aromatic N) is 1. The van der Waals surface area contributed by atoms with Crippen LogP contribution in [0.2, 0.25) is 0 Å². The average molecular weight is 326 g/mol. The highest BCUT2D eigenvalue weighted by atomic mass is 19.4. The molecule has 0 bridgehead atoms. The maximum Gasteiger partial charge on any atom is 0.416 e. The average Bonchev–Trinajstić information content (AvgIpc) is 2.53. The molecule has 2 heterocycles. The fraction of sp³-hybridized carbons (Fsp3) is 0.611. The Morgan fingerprint density at radius 1 is 1.39 bits per heavy atom. The lowest BCUT2D eigenvalue weighted by atomic mass is 9.81. The van der Waals surface area contributed by atoms with Gasteiger partial charge in [0.15, 0.2) is 0 Å². The van der Waals surface area contributed by atoms with Crippen LogP contribution in [0.3, 0.4) is 0 Å². The quantitative estimate of drug-likeness (QED) is 0.821. The van der Waals surface area contributed by atoms with Gasteiger partial charge in [-0.2, -0.15) is 13.2 Å². The van der Waals surface area contributed by atoms with Gasteiger partial charge in [-0.25, -0.2) is 0 Å². The summed E-state index contributed by atoms with van der Waals surface area (Å²) >= 11 is 0. The van der Waals surface area contributed by atoms with E-state index in [1.807, 2.05) is 6.92 Å². The molecule has 0 N–H and O–H groups in total. The first-order valence-electron chi connectivity index (χ1n) is 8.72. The summed E-state index contributed by atoms with van der Waals surface area (Å²) in [6.45, 7) is 3.03. The lowest BCUT2D eigenvalue weighted by Gasteiger charge is -2.43. The van der Waals surface area contributed by atoms with Gasteiger partial charge in [-0.15, -0.1) is 0 Å². The number of carbonyl (C=O) groups excluding carboxylic acids is 1. The van der Waals surface area contributed by atoms with Gasteiger partial charge in [0.25, 0.3) is 0 Å². The second-order valence-corrected chi connectivity index (χ2v) is 6.48. The molecule has 2 aliphatic rings. The Morgan fingerprint density at radius 2 is 2.17 bits per heavy atom. The molecule has 2 aliphatic heterocycles. The summed E-state index contributed by atoms with van der Waals surface area (Å²) in [4.78, 5) is 14.6. The SMILES string of the molecule is [2H][C@]1(CCCC)CN2CCc3cc(C(F)(F)F)ccc3[C@@H]2CC1=O. The molecule has 0 spiro atoms. The molecule has 0 radical (unpaired) electrons. The van der Waals surface area contributed by atoms with Gasteiger partial charge in [0.2, 0.25) is 0 Å². The first-order chi connectivity index (χ1) is 11.2. The third-order valence-corrected chi connectivity index (χ3v) is 4.94. The first kappa shape index (κ1) is 15.2. The van der Waals surface area contributed by atoms with Crippen molar-refractivity contribution in [3.63, 3.8) is 0 Å². The van der Waals surface area contributed by atoms with Crippen LogP contribution in [0, 0.1) is 5.89 Å². The van der Waals surface area contributed by atoms with Crippen molar-refractivity contribution in [1.29, 1.82) is 0 Å². The highest BCUT2D eigenvalue weighted by molar-refractivity contribution is 5.83. The Labute approximate surface area is 136 Å². The van der Waals surface area contributed by atoms with E-state index in [9.17, 15) is 18.0 Å². The van der Waals surface area contributed by atoms with E-state index in [4.69, 9.17) is 1.37 Å². The summed E-state index contributed by atoms with van der Waals surface area (Å²) in [5.74, 6) is -1.14. The molecule has 2 nitrogen and oxygen atoms in total. The second-order valence-electron chi connectivity index (χ2n) is 6.48. The molecule has 0 saturated carbocycles. The van der Waals surface area contributed by atoms with E-state index in [0.717, 1.165) is 24.5 Å². The fourth-order valence-corrected chi connectivity index (χ4v) is 3.63. The highest BCUT2D eigenvalue weighted by Gasteiger charge is 2.39. The summed E-state index contributed by atoms with van der Waals surface area (Å²) in [6.07, 6.45) is -1.23. The number of unbranched alkanes of at least 4 members (excludes halogenated alkanes) is 1. The van der Waals surface area contributed by atoms with Crippen LogP contribution in [0.4, 0.5) is 13.2 Å². The second kappa shape index (κ2) is 6.27. The van der Waals surface area contributed by atoms with Crippen LogP contribution in [-0.2, 0) is 17.4 Å². The van der Waals surface area contributed by atoms with Gasteiger partial charge < -0.3 is 0 Å². The predicted molar refractivity (Wildman–Crippen MR) is 82.1 cm³/mol. The molecule has 2 atom stereocenters. The summed E-state index contributed by atoms with van der Waals surface area (Å²) < 4.78 is 47.2. The zero-order chi connectivity index (χ0) is 17.5. The van der Waals surface area contributed by atoms with Gasteiger partial charge in [0.05, 0.1) is 5.56 Å². The molecule has 126 valence electrons. The van der Waals surface area contributed by atoms with E-state index < -0.39 is 17.6 Å². The monoisotopic (exact) mass is 326 g/mol. The molecule has 1 aromatic rings. The largest absolute Gasteiger partial charge is 0.416 e. The summed E-state index contributed by atoms with van der Waals surface area (Å²) in [6, 6.07) is 3.66. The number of rotatable bonds is 3. The molecule has 1 fully saturated rings. The molecule has 0 unspecified atom stereocenters. The van der Waals surface area contributed by atoms with Crippen molar-refractivity contribution in [2.75, 3.05) is 13.1 Å². The van der Waals surface area contributed by atoms with Gasteiger partial charge >= 0.3 is 6.18 Å². The summed E-state index contributed by atoms with van der Waals surface area (Å²) in [5, 5.41) is 0. The summed E-state index contributed by atoms with van der Waals surface area (Å²) in [7, 11) is 0. The normalized spacial score (nSPS) is 29.0. The van der Waals surface area contributed by atoms with E-state index >= 15 is 0 Å². The molecule has 0 aliphatic carbocycles. The zero-order valence-corrected chi connectivity index (χ0v) is 13.2. The first-order valence-corrected chi connectivity index (χ1v) is 8.22. The minimum atomic E-state index is -4.34. The van der Waals surface area contributed by atoms with E-state index in [-0.39, 0.29) is 18.2 Å². The highest BCUT2D eigenvalue weighted by Crippen LogP contribution is 2.40. The number of piperidine rings is 1. The lowest BCUT2D eigenvalue weighted by molar-refractivity contribution is -0.137. The number of ketones is 1. The molecule has 3 rings (SSSR count). The van der Waals surface area contributed by atoms with E-state index in [0.29, 0.717) is 31.5 Å². The number of halogens is 3. The third kappa shape index (κ3) is 3.30. The number of carbonyl (C=O) groups is 1. The maximum absolute atomic E-state index is 12.9. The number of hydrogen-bond donors (Lipinski definition) is 0. The van der Waals surface area contributed by atoms with Crippen molar-refractivity contribution in [2.45, 2.75) is 51.2 Å². The number of hydrogen-bond acceptors (Lipinski definition) is 2. The van der Waals surface area contributed by atoms with Crippen molar-refractivity contribution in [3.8, 4) is 0 Å². The van der Waals surface area contributed by atoms with Crippen molar-refractivity contribution in [1.82, 2.24) is 4.90 Å². The van der Waals surface area contributed by atoms with Gasteiger partial charge in [0, 0.05) is 32.8 Å². The molecule has 1 saturated heterocycles. The van der Waals surface area contributed by atoms with Crippen LogP contribution in [0.1, 0.15) is 56.7 Å². The van der Waals surface area contributed by atoms with Crippen LogP contribution in [-0.4, -0.2) is 23.8 Å². The Balaban J connectivity index is 1.86. The molecular weight excluding hydrogens is 303 g/mol. The molecule has 5 heteroatoms. The van der Waals surface area contributed by atoms with Crippen molar-refractivity contribution in [2.24, 2.45) is 5.89 Å². The topological polar surface area (TPSA) is 20.3 Å². The van der Waals surface area contributed by atoms with Crippen LogP contribution in [0.25, 0.3) is 0 Å². The standard InChI is InChI=1S/C18H22F3NO/c1-2-3-4-13-11-22-8-7-12-9-14(18(19,20)21)5-6-15(12)16(22)10-17(13)23/h5-6,9,13,16H,2-4,7-8,10-11H2,1H3/t13-,16-/m0/s1/i13D. The maximum atomic E-state index is 12.9. The fourth-order valence-electron chi connectivity index (χ4n) is 3.63. The van der Waals surface area contributed by atoms with Crippen LogP contribution >= 0.6 is 0 Å². The van der Waals surface area contributed by atoms with Crippen molar-refractivity contribution >= 4 is 5.78 Å². The van der Waals surface area contributed by atoms with Gasteiger partial charge in [-0.1, -0.05) is 25.8 Å². The van der Waals surface area contributed by atoms with Gasteiger partial charge in [-0.3, -0.25) is 9.69 Å². The van der Waals surface area contributed by atoms with E-state index in [2.05, 4.69) is 4.90 Å². The lowest BCUT2D eigenvalue weighted by Crippen LogP contribution is -2.46. The molecular formula is C18H22F3NO. The predicted octanol–water partition coefficient (Wildman–Crippen LogP) is 4.38. The zero-order valence-electron chi connectivity index (χ0n) is 14.2. The van der Waals surface area contributed by atoms with Crippen molar-refractivity contribution < 1.29 is 19.3 Å². The third-order valence-electron chi connectivity index (χ3n) is 4.94. The van der Waals surface area contributed by atoms with Crippen LogP contribution in [0.15, 0.2) is 18.2 Å². The van der Waals surface area contributed by atoms with Crippen LogP contribution < -0.4 is 0 Å². The number of fused-ring (bicyclic) bond motifs is 3. The molecule has 23 heavy (non-hydrogen) atoms. The van der Waals surface area contributed by atoms with Gasteiger partial charge in [-0.05, 0) is 36.1 Å². The van der Waals surface area contributed by atoms with Gasteiger partial charge in [0.1, 0.15) is 5.78 Å². The van der Waals surface area contributed by atoms with Crippen LogP contribution in [0.5, 0.6) is 0 Å².